The van der Waals surface area contributed by atoms with Crippen molar-refractivity contribution in [1.82, 2.24) is 15.2 Å². The average Bonchev–Trinajstić information content (AvgIpc) is 3.03. The fourth-order valence-corrected chi connectivity index (χ4v) is 3.14. The van der Waals surface area contributed by atoms with E-state index in [0.29, 0.717) is 19.5 Å². The van der Waals surface area contributed by atoms with Gasteiger partial charge in [-0.2, -0.15) is 13.2 Å². The lowest BCUT2D eigenvalue weighted by Crippen LogP contribution is -2.40. The lowest BCUT2D eigenvalue weighted by atomic mass is 9.97. The van der Waals surface area contributed by atoms with E-state index in [1.165, 1.54) is 6.07 Å². The maximum atomic E-state index is 12.5. The standard InChI is InChI=1S/C16H20F3N3O2.ClH/c17-16(18,19)12-1-2-14(21-9-12)24-13-5-8-22(10-13)15(23)11-3-6-20-7-4-11;/h1-2,9,11,13,20H,3-8,10H2;1H. The van der Waals surface area contributed by atoms with Crippen molar-refractivity contribution in [2.45, 2.75) is 31.5 Å². The summed E-state index contributed by atoms with van der Waals surface area (Å²) < 4.78 is 43.2. The second-order valence-corrected chi connectivity index (χ2v) is 6.22. The molecule has 2 fully saturated rings. The maximum Gasteiger partial charge on any atom is 0.417 e. The van der Waals surface area contributed by atoms with Crippen molar-refractivity contribution in [2.75, 3.05) is 26.2 Å². The fraction of sp³-hybridized carbons (Fsp3) is 0.625. The number of hydrogen-bond acceptors (Lipinski definition) is 4. The summed E-state index contributed by atoms with van der Waals surface area (Å²) in [5.74, 6) is 0.376. The molecule has 1 unspecified atom stereocenters. The average molecular weight is 380 g/mol. The summed E-state index contributed by atoms with van der Waals surface area (Å²) in [5.41, 5.74) is -0.802. The first-order valence-electron chi connectivity index (χ1n) is 8.13. The quantitative estimate of drug-likeness (QED) is 0.876. The number of rotatable bonds is 3. The summed E-state index contributed by atoms with van der Waals surface area (Å²) in [7, 11) is 0. The van der Waals surface area contributed by atoms with E-state index in [0.717, 1.165) is 38.2 Å². The van der Waals surface area contributed by atoms with Gasteiger partial charge in [0.15, 0.2) is 0 Å². The number of pyridine rings is 1. The number of amides is 1. The van der Waals surface area contributed by atoms with Crippen LogP contribution in [0.25, 0.3) is 0 Å². The lowest BCUT2D eigenvalue weighted by molar-refractivity contribution is -0.138. The zero-order valence-electron chi connectivity index (χ0n) is 13.6. The van der Waals surface area contributed by atoms with Crippen molar-refractivity contribution in [2.24, 2.45) is 5.92 Å². The van der Waals surface area contributed by atoms with E-state index in [4.69, 9.17) is 4.74 Å². The van der Waals surface area contributed by atoms with Gasteiger partial charge in [-0.25, -0.2) is 4.98 Å². The van der Waals surface area contributed by atoms with Gasteiger partial charge in [-0.15, -0.1) is 12.4 Å². The molecule has 140 valence electrons. The van der Waals surface area contributed by atoms with Gasteiger partial charge in [0.05, 0.1) is 12.1 Å². The van der Waals surface area contributed by atoms with Gasteiger partial charge in [-0.3, -0.25) is 4.79 Å². The number of carbonyl (C=O) groups excluding carboxylic acids is 1. The predicted molar refractivity (Wildman–Crippen MR) is 87.7 cm³/mol. The number of halogens is 4. The molecule has 3 heterocycles. The van der Waals surface area contributed by atoms with Crippen molar-refractivity contribution in [1.29, 1.82) is 0 Å². The van der Waals surface area contributed by atoms with Crippen LogP contribution in [0.3, 0.4) is 0 Å². The monoisotopic (exact) mass is 379 g/mol. The van der Waals surface area contributed by atoms with E-state index >= 15 is 0 Å². The number of nitrogens with zero attached hydrogens (tertiary/aromatic N) is 2. The number of hydrogen-bond donors (Lipinski definition) is 1. The third kappa shape index (κ3) is 4.98. The molecule has 0 aromatic carbocycles. The molecule has 3 rings (SSSR count). The van der Waals surface area contributed by atoms with Gasteiger partial charge in [0.25, 0.3) is 0 Å². The molecule has 0 radical (unpaired) electrons. The molecule has 5 nitrogen and oxygen atoms in total. The predicted octanol–water partition coefficient (Wildman–Crippen LogP) is 2.50. The van der Waals surface area contributed by atoms with E-state index in [9.17, 15) is 18.0 Å². The van der Waals surface area contributed by atoms with Crippen molar-refractivity contribution in [3.05, 3.63) is 23.9 Å². The zero-order valence-corrected chi connectivity index (χ0v) is 14.4. The summed E-state index contributed by atoms with van der Waals surface area (Å²) in [6.07, 6.45) is -1.50. The van der Waals surface area contributed by atoms with E-state index in [1.807, 2.05) is 0 Å². The Morgan fingerprint density at radius 3 is 2.56 bits per heavy atom. The van der Waals surface area contributed by atoms with Crippen LogP contribution >= 0.6 is 12.4 Å². The summed E-state index contributed by atoms with van der Waals surface area (Å²) in [6, 6.07) is 2.18. The molecule has 2 aliphatic heterocycles. The van der Waals surface area contributed by atoms with E-state index in [2.05, 4.69) is 10.3 Å². The molecular weight excluding hydrogens is 359 g/mol. The highest BCUT2D eigenvalue weighted by molar-refractivity contribution is 5.85. The zero-order chi connectivity index (χ0) is 17.2. The Morgan fingerprint density at radius 1 is 1.24 bits per heavy atom. The minimum absolute atomic E-state index is 0. The normalized spacial score (nSPS) is 21.7. The Morgan fingerprint density at radius 2 is 1.96 bits per heavy atom. The van der Waals surface area contributed by atoms with E-state index < -0.39 is 11.7 Å². The molecule has 2 saturated heterocycles. The highest BCUT2D eigenvalue weighted by Crippen LogP contribution is 2.29. The molecular formula is C16H21ClF3N3O2. The summed E-state index contributed by atoms with van der Waals surface area (Å²) in [6.45, 7) is 2.80. The minimum Gasteiger partial charge on any atom is -0.472 e. The molecule has 0 spiro atoms. The van der Waals surface area contributed by atoms with Crippen LogP contribution in [-0.4, -0.2) is 48.1 Å². The third-order valence-electron chi connectivity index (χ3n) is 4.50. The van der Waals surface area contributed by atoms with Crippen molar-refractivity contribution < 1.29 is 22.7 Å². The van der Waals surface area contributed by atoms with Gasteiger partial charge in [0, 0.05) is 31.1 Å². The van der Waals surface area contributed by atoms with Crippen LogP contribution in [0.2, 0.25) is 0 Å². The number of alkyl halides is 3. The fourth-order valence-electron chi connectivity index (χ4n) is 3.14. The van der Waals surface area contributed by atoms with Crippen LogP contribution in [0.5, 0.6) is 5.88 Å². The van der Waals surface area contributed by atoms with Crippen LogP contribution in [0, 0.1) is 5.92 Å². The van der Waals surface area contributed by atoms with Crippen LogP contribution in [0.1, 0.15) is 24.8 Å². The Balaban J connectivity index is 0.00000225. The molecule has 1 aromatic heterocycles. The van der Waals surface area contributed by atoms with Crippen LogP contribution in [0.15, 0.2) is 18.3 Å². The van der Waals surface area contributed by atoms with Gasteiger partial charge < -0.3 is 15.0 Å². The highest BCUT2D eigenvalue weighted by Gasteiger charge is 2.33. The molecule has 2 aliphatic rings. The third-order valence-corrected chi connectivity index (χ3v) is 4.50. The molecule has 1 amide bonds. The first kappa shape index (κ1) is 19.8. The molecule has 1 atom stereocenters. The Bertz CT molecular complexity index is 577. The number of likely N-dealkylation sites (tertiary alicyclic amines) is 1. The Labute approximate surface area is 150 Å². The number of nitrogens with one attached hydrogen (secondary N) is 1. The van der Waals surface area contributed by atoms with Crippen LogP contribution < -0.4 is 10.1 Å². The topological polar surface area (TPSA) is 54.5 Å². The van der Waals surface area contributed by atoms with Gasteiger partial charge in [0.2, 0.25) is 11.8 Å². The summed E-state index contributed by atoms with van der Waals surface area (Å²) in [4.78, 5) is 18.0. The molecule has 0 bridgehead atoms. The van der Waals surface area contributed by atoms with Gasteiger partial charge in [-0.05, 0) is 32.0 Å². The van der Waals surface area contributed by atoms with Crippen molar-refractivity contribution in [3.8, 4) is 5.88 Å². The first-order valence-corrected chi connectivity index (χ1v) is 8.13. The number of ether oxygens (including phenoxy) is 1. The summed E-state index contributed by atoms with van der Waals surface area (Å²) in [5, 5.41) is 3.23. The van der Waals surface area contributed by atoms with Gasteiger partial charge >= 0.3 is 6.18 Å². The Hall–Kier alpha value is -1.54. The number of carbonyl (C=O) groups is 1. The summed E-state index contributed by atoms with van der Waals surface area (Å²) >= 11 is 0. The van der Waals surface area contributed by atoms with Gasteiger partial charge in [0.1, 0.15) is 6.10 Å². The van der Waals surface area contributed by atoms with Crippen LogP contribution in [0.4, 0.5) is 13.2 Å². The second kappa shape index (κ2) is 8.23. The Kier molecular flexibility index (Phi) is 6.51. The number of piperidine rings is 1. The second-order valence-electron chi connectivity index (χ2n) is 6.22. The lowest BCUT2D eigenvalue weighted by Gasteiger charge is -2.26. The molecule has 25 heavy (non-hydrogen) atoms. The van der Waals surface area contributed by atoms with E-state index in [1.54, 1.807) is 4.90 Å². The van der Waals surface area contributed by atoms with Gasteiger partial charge in [-0.1, -0.05) is 0 Å². The smallest absolute Gasteiger partial charge is 0.417 e. The molecule has 1 N–H and O–H groups in total. The molecule has 0 saturated carbocycles. The van der Waals surface area contributed by atoms with Crippen LogP contribution in [-0.2, 0) is 11.0 Å². The van der Waals surface area contributed by atoms with Crippen molar-refractivity contribution in [3.63, 3.8) is 0 Å². The van der Waals surface area contributed by atoms with E-state index in [-0.39, 0.29) is 36.2 Å². The molecule has 9 heteroatoms. The molecule has 1 aromatic rings. The first-order chi connectivity index (χ1) is 11.4. The largest absolute Gasteiger partial charge is 0.472 e. The number of aromatic nitrogens is 1. The SMILES string of the molecule is Cl.O=C(C1CCNCC1)N1CCC(Oc2ccc(C(F)(F)F)cn2)C1. The molecule has 0 aliphatic carbocycles. The van der Waals surface area contributed by atoms with Crippen molar-refractivity contribution >= 4 is 18.3 Å². The maximum absolute atomic E-state index is 12.5. The minimum atomic E-state index is -4.41. The highest BCUT2D eigenvalue weighted by atomic mass is 35.5.